The van der Waals surface area contributed by atoms with Crippen molar-refractivity contribution in [3.05, 3.63) is 28.5 Å². The Kier molecular flexibility index (Phi) is 4.57. The predicted octanol–water partition coefficient (Wildman–Crippen LogP) is 3.24. The lowest BCUT2D eigenvalue weighted by Crippen LogP contribution is -2.19. The second kappa shape index (κ2) is 6.22. The van der Waals surface area contributed by atoms with Gasteiger partial charge in [-0.15, -0.1) is 0 Å². The van der Waals surface area contributed by atoms with Crippen molar-refractivity contribution in [3.8, 4) is 0 Å². The van der Waals surface area contributed by atoms with Crippen LogP contribution in [0.2, 0.25) is 0 Å². The average Bonchev–Trinajstić information content (AvgIpc) is 2.74. The molecule has 2 aromatic rings. The lowest BCUT2D eigenvalue weighted by Gasteiger charge is -2.11. The molecule has 1 atom stereocenters. The number of carbonyl (C=O) groups is 2. The van der Waals surface area contributed by atoms with Gasteiger partial charge in [0.15, 0.2) is 10.6 Å². The molecule has 1 aromatic carbocycles. The van der Waals surface area contributed by atoms with Crippen molar-refractivity contribution in [1.82, 2.24) is 9.55 Å². The molecule has 2 rings (SSSR count). The van der Waals surface area contributed by atoms with Crippen molar-refractivity contribution in [2.75, 3.05) is 0 Å². The summed E-state index contributed by atoms with van der Waals surface area (Å²) >= 11 is 5.24. The zero-order valence-corrected chi connectivity index (χ0v) is 13.1. The van der Waals surface area contributed by atoms with E-state index in [4.69, 9.17) is 17.0 Å². The van der Waals surface area contributed by atoms with E-state index in [0.717, 1.165) is 17.5 Å². The van der Waals surface area contributed by atoms with E-state index in [0.29, 0.717) is 10.3 Å². The number of aromatic nitrogens is 2. The summed E-state index contributed by atoms with van der Waals surface area (Å²) in [6.45, 7) is 5.38. The molecule has 21 heavy (non-hydrogen) atoms. The van der Waals surface area contributed by atoms with E-state index in [1.165, 1.54) is 6.92 Å². The van der Waals surface area contributed by atoms with Gasteiger partial charge >= 0.3 is 5.97 Å². The third-order valence-electron chi connectivity index (χ3n) is 3.38. The molecule has 0 fully saturated rings. The Morgan fingerprint density at radius 2 is 2.14 bits per heavy atom. The lowest BCUT2D eigenvalue weighted by molar-refractivity contribution is -0.149. The van der Waals surface area contributed by atoms with Crippen LogP contribution in [0.25, 0.3) is 11.0 Å². The van der Waals surface area contributed by atoms with E-state index < -0.39 is 0 Å². The van der Waals surface area contributed by atoms with Crippen LogP contribution in [0.3, 0.4) is 0 Å². The SMILES string of the molecule is CCC(C)OC(=O)Cn1c(=S)[nH]c2cc(C(C)=O)ccc21. The standard InChI is InChI=1S/C15H18N2O3S/c1-4-9(2)20-14(19)8-17-13-6-5-11(10(3)18)7-12(13)16-15(17)21/h5-7,9H,4,8H2,1-3H3,(H,16,21). The lowest BCUT2D eigenvalue weighted by atomic mass is 10.1. The summed E-state index contributed by atoms with van der Waals surface area (Å²) in [6.07, 6.45) is 0.661. The van der Waals surface area contributed by atoms with Gasteiger partial charge < -0.3 is 14.3 Å². The van der Waals surface area contributed by atoms with E-state index in [-0.39, 0.29) is 24.4 Å². The van der Waals surface area contributed by atoms with E-state index in [1.807, 2.05) is 13.8 Å². The molecular formula is C15H18N2O3S. The molecule has 1 heterocycles. The molecule has 1 N–H and O–H groups in total. The third-order valence-corrected chi connectivity index (χ3v) is 3.70. The maximum atomic E-state index is 11.9. The Morgan fingerprint density at radius 1 is 1.43 bits per heavy atom. The molecule has 6 heteroatoms. The Labute approximate surface area is 127 Å². The van der Waals surface area contributed by atoms with Gasteiger partial charge in [0.1, 0.15) is 6.54 Å². The number of hydrogen-bond acceptors (Lipinski definition) is 4. The van der Waals surface area contributed by atoms with Gasteiger partial charge in [-0.25, -0.2) is 0 Å². The minimum absolute atomic E-state index is 0.0138. The highest BCUT2D eigenvalue weighted by atomic mass is 32.1. The number of rotatable bonds is 5. The molecule has 0 bridgehead atoms. The third kappa shape index (κ3) is 3.39. The van der Waals surface area contributed by atoms with Gasteiger partial charge in [-0.3, -0.25) is 9.59 Å². The van der Waals surface area contributed by atoms with Crippen LogP contribution in [0.15, 0.2) is 18.2 Å². The first kappa shape index (κ1) is 15.4. The van der Waals surface area contributed by atoms with Crippen LogP contribution in [0.5, 0.6) is 0 Å². The molecular weight excluding hydrogens is 288 g/mol. The van der Waals surface area contributed by atoms with Gasteiger partial charge in [-0.2, -0.15) is 0 Å². The van der Waals surface area contributed by atoms with Gasteiger partial charge in [0, 0.05) is 5.56 Å². The summed E-state index contributed by atoms with van der Waals surface area (Å²) in [7, 11) is 0. The number of carbonyl (C=O) groups excluding carboxylic acids is 2. The van der Waals surface area contributed by atoms with Crippen LogP contribution in [-0.4, -0.2) is 27.4 Å². The van der Waals surface area contributed by atoms with Gasteiger partial charge in [0.25, 0.3) is 0 Å². The summed E-state index contributed by atoms with van der Waals surface area (Å²) in [5, 5.41) is 0. The molecule has 0 spiro atoms. The Balaban J connectivity index is 2.32. The fourth-order valence-corrected chi connectivity index (χ4v) is 2.29. The topological polar surface area (TPSA) is 64.1 Å². The zero-order valence-electron chi connectivity index (χ0n) is 12.3. The monoisotopic (exact) mass is 306 g/mol. The van der Waals surface area contributed by atoms with Crippen molar-refractivity contribution in [3.63, 3.8) is 0 Å². The number of nitrogens with zero attached hydrogens (tertiary/aromatic N) is 1. The number of ketones is 1. The van der Waals surface area contributed by atoms with Crippen LogP contribution in [0.1, 0.15) is 37.6 Å². The summed E-state index contributed by atoms with van der Waals surface area (Å²) < 4.78 is 7.38. The first-order chi connectivity index (χ1) is 9.92. The highest BCUT2D eigenvalue weighted by Gasteiger charge is 2.13. The number of esters is 1. The van der Waals surface area contributed by atoms with Crippen molar-refractivity contribution in [2.45, 2.75) is 39.8 Å². The summed E-state index contributed by atoms with van der Waals surface area (Å²) in [6, 6.07) is 5.25. The summed E-state index contributed by atoms with van der Waals surface area (Å²) in [5.41, 5.74) is 2.13. The van der Waals surface area contributed by atoms with Crippen molar-refractivity contribution in [1.29, 1.82) is 0 Å². The molecule has 0 saturated heterocycles. The fourth-order valence-electron chi connectivity index (χ4n) is 2.01. The first-order valence-corrected chi connectivity index (χ1v) is 7.26. The average molecular weight is 306 g/mol. The van der Waals surface area contributed by atoms with Crippen LogP contribution in [0, 0.1) is 4.77 Å². The Hall–Kier alpha value is -1.95. The molecule has 1 aromatic heterocycles. The van der Waals surface area contributed by atoms with Crippen LogP contribution in [-0.2, 0) is 16.1 Å². The Bertz CT molecular complexity index is 745. The molecule has 0 saturated carbocycles. The number of ether oxygens (including phenoxy) is 1. The smallest absolute Gasteiger partial charge is 0.326 e. The number of benzene rings is 1. The van der Waals surface area contributed by atoms with E-state index >= 15 is 0 Å². The molecule has 0 aliphatic rings. The number of H-pyrrole nitrogens is 1. The minimum atomic E-state index is -0.322. The number of nitrogens with one attached hydrogen (secondary N) is 1. The van der Waals surface area contributed by atoms with Gasteiger partial charge in [0.2, 0.25) is 0 Å². The van der Waals surface area contributed by atoms with Crippen molar-refractivity contribution in [2.24, 2.45) is 0 Å². The first-order valence-electron chi connectivity index (χ1n) is 6.85. The van der Waals surface area contributed by atoms with Crippen molar-refractivity contribution < 1.29 is 14.3 Å². The number of fused-ring (bicyclic) bond motifs is 1. The zero-order chi connectivity index (χ0) is 15.6. The highest BCUT2D eigenvalue weighted by molar-refractivity contribution is 7.71. The maximum absolute atomic E-state index is 11.9. The largest absolute Gasteiger partial charge is 0.461 e. The molecule has 0 radical (unpaired) electrons. The van der Waals surface area contributed by atoms with Gasteiger partial charge in [-0.1, -0.05) is 6.92 Å². The normalized spacial score (nSPS) is 12.3. The minimum Gasteiger partial charge on any atom is -0.461 e. The number of hydrogen-bond donors (Lipinski definition) is 1. The summed E-state index contributed by atoms with van der Waals surface area (Å²) in [4.78, 5) is 26.3. The molecule has 0 amide bonds. The summed E-state index contributed by atoms with van der Waals surface area (Å²) in [5.74, 6) is -0.336. The molecule has 1 unspecified atom stereocenters. The predicted molar refractivity (Wildman–Crippen MR) is 83.0 cm³/mol. The molecule has 5 nitrogen and oxygen atoms in total. The quantitative estimate of drug-likeness (QED) is 0.523. The second-order valence-corrected chi connectivity index (χ2v) is 5.40. The van der Waals surface area contributed by atoms with Gasteiger partial charge in [0.05, 0.1) is 17.1 Å². The van der Waals surface area contributed by atoms with Crippen molar-refractivity contribution >= 4 is 35.0 Å². The molecule has 0 aliphatic heterocycles. The number of Topliss-reactive ketones (excluding diaryl/α,β-unsaturated/α-hetero) is 1. The molecule has 112 valence electrons. The van der Waals surface area contributed by atoms with Crippen LogP contribution >= 0.6 is 12.2 Å². The number of imidazole rings is 1. The van der Waals surface area contributed by atoms with E-state index in [9.17, 15) is 9.59 Å². The van der Waals surface area contributed by atoms with Crippen LogP contribution in [0.4, 0.5) is 0 Å². The maximum Gasteiger partial charge on any atom is 0.326 e. The number of aromatic amines is 1. The van der Waals surface area contributed by atoms with Gasteiger partial charge in [-0.05, 0) is 50.7 Å². The second-order valence-electron chi connectivity index (χ2n) is 5.01. The van der Waals surface area contributed by atoms with E-state index in [1.54, 1.807) is 22.8 Å². The Morgan fingerprint density at radius 3 is 2.76 bits per heavy atom. The van der Waals surface area contributed by atoms with Crippen LogP contribution < -0.4 is 0 Å². The highest BCUT2D eigenvalue weighted by Crippen LogP contribution is 2.17. The van der Waals surface area contributed by atoms with E-state index in [2.05, 4.69) is 4.98 Å². The fraction of sp³-hybridized carbons (Fsp3) is 0.400. The molecule has 0 aliphatic carbocycles.